The maximum Gasteiger partial charge on any atom is 0.275 e. The normalized spacial score (nSPS) is 28.9. The molecule has 0 aliphatic carbocycles. The van der Waals surface area contributed by atoms with Crippen molar-refractivity contribution >= 4 is 11.4 Å². The van der Waals surface area contributed by atoms with Gasteiger partial charge < -0.3 is 20.9 Å². The minimum atomic E-state index is -2.70. The van der Waals surface area contributed by atoms with Gasteiger partial charge in [0.1, 0.15) is 5.82 Å². The summed E-state index contributed by atoms with van der Waals surface area (Å²) in [6, 6.07) is 4.89. The van der Waals surface area contributed by atoms with Crippen molar-refractivity contribution in [3.63, 3.8) is 0 Å². The predicted molar refractivity (Wildman–Crippen MR) is 106 cm³/mol. The van der Waals surface area contributed by atoms with Gasteiger partial charge in [-0.25, -0.2) is 13.2 Å². The molecule has 1 aromatic carbocycles. The Morgan fingerprint density at radius 3 is 2.54 bits per heavy atom. The number of benzene rings is 1. The molecule has 0 aromatic heterocycles. The van der Waals surface area contributed by atoms with Gasteiger partial charge in [-0.05, 0) is 50.6 Å². The molecule has 3 fully saturated rings. The van der Waals surface area contributed by atoms with E-state index >= 15 is 0 Å². The number of piperidine rings is 2. The number of nitrogens with one attached hydrogen (secondary N) is 3. The van der Waals surface area contributed by atoms with Crippen molar-refractivity contribution in [1.82, 2.24) is 15.5 Å². The first-order valence-electron chi connectivity index (χ1n) is 10.4. The Morgan fingerprint density at radius 1 is 1.04 bits per heavy atom. The van der Waals surface area contributed by atoms with E-state index in [0.717, 1.165) is 31.6 Å². The molecule has 3 heterocycles. The average molecular weight is 397 g/mol. The van der Waals surface area contributed by atoms with Crippen molar-refractivity contribution in [3.05, 3.63) is 24.0 Å². The van der Waals surface area contributed by atoms with Crippen molar-refractivity contribution < 1.29 is 13.2 Å². The van der Waals surface area contributed by atoms with Crippen LogP contribution in [0, 0.1) is 5.82 Å². The summed E-state index contributed by atoms with van der Waals surface area (Å²) in [7, 11) is 0. The van der Waals surface area contributed by atoms with Gasteiger partial charge in [-0.3, -0.25) is 4.90 Å². The van der Waals surface area contributed by atoms with E-state index in [4.69, 9.17) is 0 Å². The monoisotopic (exact) mass is 397 g/mol. The molecule has 3 saturated heterocycles. The van der Waals surface area contributed by atoms with Crippen LogP contribution in [0.4, 0.5) is 24.5 Å². The molecule has 2 unspecified atom stereocenters. The molecular weight excluding hydrogens is 367 g/mol. The Bertz CT molecular complexity index is 657. The highest BCUT2D eigenvalue weighted by molar-refractivity contribution is 5.57. The maximum absolute atomic E-state index is 14.7. The highest BCUT2D eigenvalue weighted by atomic mass is 19.3. The van der Waals surface area contributed by atoms with Crippen molar-refractivity contribution in [2.45, 2.75) is 37.3 Å². The van der Waals surface area contributed by atoms with Crippen LogP contribution >= 0.6 is 0 Å². The Kier molecular flexibility index (Phi) is 5.99. The Morgan fingerprint density at radius 2 is 1.86 bits per heavy atom. The highest BCUT2D eigenvalue weighted by Crippen LogP contribution is 2.30. The Labute approximate surface area is 164 Å². The summed E-state index contributed by atoms with van der Waals surface area (Å²) in [4.78, 5) is 3.85. The molecule has 5 nitrogen and oxygen atoms in total. The molecule has 3 aliphatic heterocycles. The number of halogens is 3. The SMILES string of the molecule is Fc1cc(NC2CCCNC2)ccc1N1CCN(C2CCNCC2(F)F)CC1. The van der Waals surface area contributed by atoms with Crippen LogP contribution < -0.4 is 20.9 Å². The zero-order valence-corrected chi connectivity index (χ0v) is 16.2. The van der Waals surface area contributed by atoms with E-state index < -0.39 is 12.0 Å². The fraction of sp³-hybridized carbons (Fsp3) is 0.700. The lowest BCUT2D eigenvalue weighted by Crippen LogP contribution is -2.61. The topological polar surface area (TPSA) is 42.6 Å². The number of rotatable bonds is 4. The van der Waals surface area contributed by atoms with Crippen LogP contribution in [-0.2, 0) is 0 Å². The molecule has 2 atom stereocenters. The number of hydrogen-bond acceptors (Lipinski definition) is 5. The first-order valence-corrected chi connectivity index (χ1v) is 10.4. The molecule has 0 spiro atoms. The van der Waals surface area contributed by atoms with Gasteiger partial charge in [0.2, 0.25) is 0 Å². The summed E-state index contributed by atoms with van der Waals surface area (Å²) < 4.78 is 43.1. The van der Waals surface area contributed by atoms with Crippen molar-refractivity contribution in [2.75, 3.05) is 62.6 Å². The molecule has 0 saturated carbocycles. The standard InChI is InChI=1S/C20H30F3N5/c21-17-12-15(26-16-2-1-6-24-13-16)3-4-18(17)27-8-10-28(11-9-27)19-5-7-25-14-20(19,22)23/h3-4,12,16,19,24-26H,1-2,5-11,13-14H2. The number of nitrogens with zero attached hydrogens (tertiary/aromatic N) is 2. The van der Waals surface area contributed by atoms with Gasteiger partial charge in [0.25, 0.3) is 5.92 Å². The third-order valence-electron chi connectivity index (χ3n) is 6.15. The lowest BCUT2D eigenvalue weighted by Gasteiger charge is -2.44. The summed E-state index contributed by atoms with van der Waals surface area (Å²) >= 11 is 0. The number of anilines is 2. The van der Waals surface area contributed by atoms with Crippen LogP contribution in [0.1, 0.15) is 19.3 Å². The first-order chi connectivity index (χ1) is 13.5. The van der Waals surface area contributed by atoms with E-state index in [0.29, 0.717) is 50.9 Å². The van der Waals surface area contributed by atoms with E-state index in [1.54, 1.807) is 6.07 Å². The maximum atomic E-state index is 14.7. The minimum absolute atomic E-state index is 0.252. The third kappa shape index (κ3) is 4.39. The van der Waals surface area contributed by atoms with E-state index in [2.05, 4.69) is 16.0 Å². The van der Waals surface area contributed by atoms with E-state index in [1.807, 2.05) is 21.9 Å². The number of piperazine rings is 1. The molecule has 3 aliphatic rings. The molecule has 8 heteroatoms. The highest BCUT2D eigenvalue weighted by Gasteiger charge is 2.45. The molecule has 0 radical (unpaired) electrons. The van der Waals surface area contributed by atoms with Crippen LogP contribution in [0.3, 0.4) is 0 Å². The van der Waals surface area contributed by atoms with Crippen molar-refractivity contribution in [1.29, 1.82) is 0 Å². The zero-order valence-electron chi connectivity index (χ0n) is 16.2. The predicted octanol–water partition coefficient (Wildman–Crippen LogP) is 2.11. The van der Waals surface area contributed by atoms with Crippen LogP contribution in [0.25, 0.3) is 0 Å². The second kappa shape index (κ2) is 8.47. The fourth-order valence-corrected chi connectivity index (χ4v) is 4.61. The smallest absolute Gasteiger partial charge is 0.275 e. The quantitative estimate of drug-likeness (QED) is 0.726. The van der Waals surface area contributed by atoms with Gasteiger partial charge in [0.15, 0.2) is 0 Å². The first kappa shape index (κ1) is 19.8. The van der Waals surface area contributed by atoms with E-state index in [1.165, 1.54) is 0 Å². The van der Waals surface area contributed by atoms with Crippen LogP contribution in [-0.4, -0.2) is 75.3 Å². The van der Waals surface area contributed by atoms with Gasteiger partial charge >= 0.3 is 0 Å². The third-order valence-corrected chi connectivity index (χ3v) is 6.15. The van der Waals surface area contributed by atoms with Crippen molar-refractivity contribution in [2.24, 2.45) is 0 Å². The molecule has 0 bridgehead atoms. The average Bonchev–Trinajstić information content (AvgIpc) is 2.69. The van der Waals surface area contributed by atoms with Crippen LogP contribution in [0.15, 0.2) is 18.2 Å². The summed E-state index contributed by atoms with van der Waals surface area (Å²) in [5, 5.41) is 9.51. The molecule has 1 aromatic rings. The molecule has 28 heavy (non-hydrogen) atoms. The van der Waals surface area contributed by atoms with Gasteiger partial charge in [-0.15, -0.1) is 0 Å². The number of alkyl halides is 2. The summed E-state index contributed by atoms with van der Waals surface area (Å²) in [6.07, 6.45) is 2.66. The largest absolute Gasteiger partial charge is 0.381 e. The lowest BCUT2D eigenvalue weighted by molar-refractivity contribution is -0.0963. The second-order valence-electron chi connectivity index (χ2n) is 8.12. The molecule has 3 N–H and O–H groups in total. The summed E-state index contributed by atoms with van der Waals surface area (Å²) in [5.41, 5.74) is 1.35. The zero-order chi connectivity index (χ0) is 19.6. The fourth-order valence-electron chi connectivity index (χ4n) is 4.61. The Hall–Kier alpha value is -1.51. The van der Waals surface area contributed by atoms with Crippen LogP contribution in [0.2, 0.25) is 0 Å². The summed E-state index contributed by atoms with van der Waals surface area (Å²) in [6.45, 7) is 4.51. The number of hydrogen-bond donors (Lipinski definition) is 3. The molecule has 0 amide bonds. The van der Waals surface area contributed by atoms with Gasteiger partial charge in [0, 0.05) is 44.5 Å². The van der Waals surface area contributed by atoms with Crippen molar-refractivity contribution in [3.8, 4) is 0 Å². The van der Waals surface area contributed by atoms with Gasteiger partial charge in [-0.1, -0.05) is 0 Å². The van der Waals surface area contributed by atoms with E-state index in [9.17, 15) is 13.2 Å². The second-order valence-corrected chi connectivity index (χ2v) is 8.12. The molecule has 4 rings (SSSR count). The van der Waals surface area contributed by atoms with E-state index in [-0.39, 0.29) is 12.4 Å². The lowest BCUT2D eigenvalue weighted by atomic mass is 9.99. The van der Waals surface area contributed by atoms with Gasteiger partial charge in [0.05, 0.1) is 18.3 Å². The summed E-state index contributed by atoms with van der Waals surface area (Å²) in [5.74, 6) is -2.96. The molecule has 156 valence electrons. The van der Waals surface area contributed by atoms with Gasteiger partial charge in [-0.2, -0.15) is 0 Å². The minimum Gasteiger partial charge on any atom is -0.381 e. The molecular formula is C20H30F3N5. The Balaban J connectivity index is 1.35. The van der Waals surface area contributed by atoms with Crippen LogP contribution in [0.5, 0.6) is 0 Å².